The summed E-state index contributed by atoms with van der Waals surface area (Å²) >= 11 is 0. The molecular formula is C17H23N3. The Morgan fingerprint density at radius 2 is 1.45 bits per heavy atom. The Labute approximate surface area is 121 Å². The predicted octanol–water partition coefficient (Wildman–Crippen LogP) is 3.57. The van der Waals surface area contributed by atoms with E-state index in [1.165, 1.54) is 16.7 Å². The second kappa shape index (κ2) is 4.98. The summed E-state index contributed by atoms with van der Waals surface area (Å²) in [5.74, 6) is 0.685. The molecule has 1 aromatic carbocycles. The zero-order valence-corrected chi connectivity index (χ0v) is 13.2. The standard InChI is InChI=1S/C17H23N3/c1-10-7-12(3)14(8-11(10)2)15-9-13(4)19-16(20-15)17(5,6)18/h7-9H,18H2,1-6H3. The summed E-state index contributed by atoms with van der Waals surface area (Å²) in [6.07, 6.45) is 0. The first-order valence-electron chi connectivity index (χ1n) is 6.92. The van der Waals surface area contributed by atoms with E-state index in [4.69, 9.17) is 5.73 Å². The Bertz CT molecular complexity index is 652. The van der Waals surface area contributed by atoms with Crippen LogP contribution in [-0.4, -0.2) is 9.97 Å². The normalized spacial score (nSPS) is 11.8. The van der Waals surface area contributed by atoms with E-state index in [1.807, 2.05) is 26.8 Å². The maximum Gasteiger partial charge on any atom is 0.148 e. The number of hydrogen-bond acceptors (Lipinski definition) is 3. The lowest BCUT2D eigenvalue weighted by Gasteiger charge is -2.19. The lowest BCUT2D eigenvalue weighted by Crippen LogP contribution is -2.31. The minimum absolute atomic E-state index is 0.533. The minimum Gasteiger partial charge on any atom is -0.319 e. The first-order chi connectivity index (χ1) is 9.18. The molecule has 0 bridgehead atoms. The molecule has 0 saturated heterocycles. The van der Waals surface area contributed by atoms with Crippen LogP contribution >= 0.6 is 0 Å². The van der Waals surface area contributed by atoms with Crippen molar-refractivity contribution in [2.45, 2.75) is 47.1 Å². The van der Waals surface area contributed by atoms with E-state index in [1.54, 1.807) is 0 Å². The van der Waals surface area contributed by atoms with Gasteiger partial charge in [-0.1, -0.05) is 6.07 Å². The van der Waals surface area contributed by atoms with E-state index in [0.717, 1.165) is 17.0 Å². The third kappa shape index (κ3) is 2.88. The molecular weight excluding hydrogens is 246 g/mol. The van der Waals surface area contributed by atoms with E-state index in [0.29, 0.717) is 5.82 Å². The number of rotatable bonds is 2. The van der Waals surface area contributed by atoms with Gasteiger partial charge in [0.2, 0.25) is 0 Å². The number of nitrogens with zero attached hydrogens (tertiary/aromatic N) is 2. The highest BCUT2D eigenvalue weighted by Gasteiger charge is 2.19. The van der Waals surface area contributed by atoms with Gasteiger partial charge in [0, 0.05) is 11.3 Å². The van der Waals surface area contributed by atoms with Crippen LogP contribution in [0.25, 0.3) is 11.3 Å². The summed E-state index contributed by atoms with van der Waals surface area (Å²) < 4.78 is 0. The van der Waals surface area contributed by atoms with Crippen molar-refractivity contribution in [1.82, 2.24) is 9.97 Å². The van der Waals surface area contributed by atoms with Gasteiger partial charge in [-0.15, -0.1) is 0 Å². The molecule has 0 fully saturated rings. The molecule has 1 aromatic heterocycles. The Morgan fingerprint density at radius 1 is 0.850 bits per heavy atom. The Morgan fingerprint density at radius 3 is 2.05 bits per heavy atom. The summed E-state index contributed by atoms with van der Waals surface area (Å²) in [5, 5.41) is 0. The van der Waals surface area contributed by atoms with Gasteiger partial charge in [-0.3, -0.25) is 0 Å². The number of hydrogen-bond donors (Lipinski definition) is 1. The highest BCUT2D eigenvalue weighted by atomic mass is 15.0. The monoisotopic (exact) mass is 269 g/mol. The first kappa shape index (κ1) is 14.7. The molecule has 20 heavy (non-hydrogen) atoms. The zero-order valence-electron chi connectivity index (χ0n) is 13.2. The predicted molar refractivity (Wildman–Crippen MR) is 83.6 cm³/mol. The highest BCUT2D eigenvalue weighted by Crippen LogP contribution is 2.26. The average molecular weight is 269 g/mol. The SMILES string of the molecule is Cc1cc(-c2cc(C)c(C)cc2C)nc(C(C)(C)N)n1. The summed E-state index contributed by atoms with van der Waals surface area (Å²) in [4.78, 5) is 9.13. The molecule has 2 aromatic rings. The number of benzene rings is 1. The topological polar surface area (TPSA) is 51.8 Å². The van der Waals surface area contributed by atoms with Gasteiger partial charge in [0.1, 0.15) is 5.82 Å². The quantitative estimate of drug-likeness (QED) is 0.906. The fourth-order valence-corrected chi connectivity index (χ4v) is 2.23. The van der Waals surface area contributed by atoms with Crippen LogP contribution in [0.5, 0.6) is 0 Å². The zero-order chi connectivity index (χ0) is 15.1. The van der Waals surface area contributed by atoms with Gasteiger partial charge in [-0.05, 0) is 70.4 Å². The molecule has 0 spiro atoms. The van der Waals surface area contributed by atoms with Gasteiger partial charge in [-0.25, -0.2) is 9.97 Å². The van der Waals surface area contributed by atoms with Gasteiger partial charge in [-0.2, -0.15) is 0 Å². The van der Waals surface area contributed by atoms with Gasteiger partial charge in [0.05, 0.1) is 11.2 Å². The number of aromatic nitrogens is 2. The Balaban J connectivity index is 2.64. The summed E-state index contributed by atoms with van der Waals surface area (Å²) in [7, 11) is 0. The van der Waals surface area contributed by atoms with Crippen molar-refractivity contribution in [2.24, 2.45) is 5.73 Å². The lowest BCUT2D eigenvalue weighted by molar-refractivity contribution is 0.512. The molecule has 0 aliphatic rings. The van der Waals surface area contributed by atoms with E-state index in [9.17, 15) is 0 Å². The molecule has 3 heteroatoms. The van der Waals surface area contributed by atoms with Gasteiger partial charge in [0.15, 0.2) is 0 Å². The van der Waals surface area contributed by atoms with Crippen LogP contribution in [0.2, 0.25) is 0 Å². The van der Waals surface area contributed by atoms with Crippen molar-refractivity contribution in [3.63, 3.8) is 0 Å². The fraction of sp³-hybridized carbons (Fsp3) is 0.412. The van der Waals surface area contributed by atoms with Gasteiger partial charge >= 0.3 is 0 Å². The van der Waals surface area contributed by atoms with Crippen molar-refractivity contribution in [3.8, 4) is 11.3 Å². The van der Waals surface area contributed by atoms with Gasteiger partial charge < -0.3 is 5.73 Å². The van der Waals surface area contributed by atoms with Crippen LogP contribution < -0.4 is 5.73 Å². The molecule has 2 rings (SSSR count). The van der Waals surface area contributed by atoms with E-state index >= 15 is 0 Å². The molecule has 2 N–H and O–H groups in total. The molecule has 0 amide bonds. The second-order valence-electron chi connectivity index (χ2n) is 6.19. The summed E-state index contributed by atoms with van der Waals surface area (Å²) in [5.41, 5.74) is 12.5. The van der Waals surface area contributed by atoms with Crippen molar-refractivity contribution in [2.75, 3.05) is 0 Å². The molecule has 0 atom stereocenters. The maximum absolute atomic E-state index is 6.14. The highest BCUT2D eigenvalue weighted by molar-refractivity contribution is 5.65. The molecule has 0 radical (unpaired) electrons. The van der Waals surface area contributed by atoms with Crippen molar-refractivity contribution in [1.29, 1.82) is 0 Å². The third-order valence-electron chi connectivity index (χ3n) is 3.55. The Kier molecular flexibility index (Phi) is 3.65. The van der Waals surface area contributed by atoms with Gasteiger partial charge in [0.25, 0.3) is 0 Å². The number of aryl methyl sites for hydroxylation is 4. The Hall–Kier alpha value is -1.74. The van der Waals surface area contributed by atoms with E-state index < -0.39 is 5.54 Å². The van der Waals surface area contributed by atoms with Crippen molar-refractivity contribution < 1.29 is 0 Å². The van der Waals surface area contributed by atoms with Crippen molar-refractivity contribution in [3.05, 3.63) is 46.4 Å². The molecule has 0 saturated carbocycles. The van der Waals surface area contributed by atoms with Crippen LogP contribution in [0.1, 0.15) is 42.1 Å². The molecule has 0 aliphatic carbocycles. The molecule has 0 aliphatic heterocycles. The van der Waals surface area contributed by atoms with Crippen molar-refractivity contribution >= 4 is 0 Å². The van der Waals surface area contributed by atoms with Crippen LogP contribution in [0.4, 0.5) is 0 Å². The molecule has 1 heterocycles. The van der Waals surface area contributed by atoms with E-state index in [-0.39, 0.29) is 0 Å². The van der Waals surface area contributed by atoms with Crippen LogP contribution in [0.3, 0.4) is 0 Å². The number of nitrogens with two attached hydrogens (primary N) is 1. The smallest absolute Gasteiger partial charge is 0.148 e. The minimum atomic E-state index is -0.533. The molecule has 106 valence electrons. The largest absolute Gasteiger partial charge is 0.319 e. The van der Waals surface area contributed by atoms with E-state index in [2.05, 4.69) is 42.9 Å². The maximum atomic E-state index is 6.14. The fourth-order valence-electron chi connectivity index (χ4n) is 2.23. The molecule has 0 unspecified atom stereocenters. The van der Waals surface area contributed by atoms with Crippen LogP contribution in [0, 0.1) is 27.7 Å². The first-order valence-corrected chi connectivity index (χ1v) is 6.92. The van der Waals surface area contributed by atoms with Crippen LogP contribution in [-0.2, 0) is 5.54 Å². The summed E-state index contributed by atoms with van der Waals surface area (Å²) in [6.45, 7) is 12.2. The second-order valence-corrected chi connectivity index (χ2v) is 6.19. The lowest BCUT2D eigenvalue weighted by atomic mass is 9.97. The molecule has 3 nitrogen and oxygen atoms in total. The average Bonchev–Trinajstić information content (AvgIpc) is 2.32. The third-order valence-corrected chi connectivity index (χ3v) is 3.55. The summed E-state index contributed by atoms with van der Waals surface area (Å²) in [6, 6.07) is 6.42. The van der Waals surface area contributed by atoms with Crippen LogP contribution in [0.15, 0.2) is 18.2 Å².